The van der Waals surface area contributed by atoms with Crippen LogP contribution in [0.15, 0.2) is 59.8 Å². The summed E-state index contributed by atoms with van der Waals surface area (Å²) in [6.45, 7) is 15.5. The van der Waals surface area contributed by atoms with Gasteiger partial charge < -0.3 is 4.90 Å². The molecule has 2 aromatic carbocycles. The van der Waals surface area contributed by atoms with Gasteiger partial charge in [-0.25, -0.2) is 0 Å². The van der Waals surface area contributed by atoms with Gasteiger partial charge in [-0.15, -0.1) is 10.2 Å². The van der Waals surface area contributed by atoms with Crippen LogP contribution in [0.5, 0.6) is 0 Å². The Morgan fingerprint density at radius 2 is 1.55 bits per heavy atom. The average molecular weight is 465 g/mol. The van der Waals surface area contributed by atoms with E-state index in [2.05, 4.69) is 99.6 Å². The number of benzene rings is 2. The third kappa shape index (κ3) is 6.26. The van der Waals surface area contributed by atoms with Crippen LogP contribution in [0.3, 0.4) is 0 Å². The zero-order valence-corrected chi connectivity index (χ0v) is 21.7. The first-order valence-corrected chi connectivity index (χ1v) is 12.6. The van der Waals surface area contributed by atoms with Gasteiger partial charge in [-0.1, -0.05) is 87.1 Å². The standard InChI is InChI=1S/C27H36N4OS/c1-19(2)31(20(3)4)24(32)18-33-26-29-28-25(30(26)17-21-11-9-8-10-12-21)22-13-15-23(16-14-22)27(5,6)7/h8-16,19-20H,17-18H2,1-7H3. The Morgan fingerprint density at radius 3 is 2.09 bits per heavy atom. The van der Waals surface area contributed by atoms with Crippen LogP contribution in [-0.2, 0) is 16.8 Å². The fraction of sp³-hybridized carbons (Fsp3) is 0.444. The molecule has 0 fully saturated rings. The molecular weight excluding hydrogens is 428 g/mol. The van der Waals surface area contributed by atoms with Crippen molar-refractivity contribution in [3.63, 3.8) is 0 Å². The number of nitrogens with zero attached hydrogens (tertiary/aromatic N) is 4. The average Bonchev–Trinajstić information content (AvgIpc) is 3.14. The van der Waals surface area contributed by atoms with Gasteiger partial charge in [0.05, 0.1) is 12.3 Å². The van der Waals surface area contributed by atoms with Gasteiger partial charge >= 0.3 is 0 Å². The van der Waals surface area contributed by atoms with E-state index in [1.807, 2.05) is 23.1 Å². The van der Waals surface area contributed by atoms with Crippen LogP contribution < -0.4 is 0 Å². The summed E-state index contributed by atoms with van der Waals surface area (Å²) in [6, 6.07) is 19.2. The molecule has 0 atom stereocenters. The quantitative estimate of drug-likeness (QED) is 0.382. The Kier molecular flexibility index (Phi) is 8.01. The van der Waals surface area contributed by atoms with E-state index in [-0.39, 0.29) is 23.4 Å². The molecule has 0 radical (unpaired) electrons. The zero-order valence-electron chi connectivity index (χ0n) is 20.9. The monoisotopic (exact) mass is 464 g/mol. The van der Waals surface area contributed by atoms with Crippen LogP contribution in [0.25, 0.3) is 11.4 Å². The van der Waals surface area contributed by atoms with Gasteiger partial charge in [-0.3, -0.25) is 9.36 Å². The molecular formula is C27H36N4OS. The van der Waals surface area contributed by atoms with Crippen molar-refractivity contribution in [2.24, 2.45) is 0 Å². The van der Waals surface area contributed by atoms with E-state index in [4.69, 9.17) is 0 Å². The van der Waals surface area contributed by atoms with Gasteiger partial charge in [0.1, 0.15) is 0 Å². The third-order valence-corrected chi connectivity index (χ3v) is 6.59. The van der Waals surface area contributed by atoms with E-state index in [0.29, 0.717) is 12.3 Å². The summed E-state index contributed by atoms with van der Waals surface area (Å²) in [5.74, 6) is 1.28. The maximum atomic E-state index is 12.9. The molecule has 1 heterocycles. The maximum Gasteiger partial charge on any atom is 0.233 e. The van der Waals surface area contributed by atoms with E-state index in [1.165, 1.54) is 22.9 Å². The van der Waals surface area contributed by atoms with Crippen molar-refractivity contribution in [1.29, 1.82) is 0 Å². The number of aromatic nitrogens is 3. The molecule has 1 amide bonds. The lowest BCUT2D eigenvalue weighted by Gasteiger charge is -2.30. The minimum Gasteiger partial charge on any atom is -0.337 e. The first-order chi connectivity index (χ1) is 15.6. The second-order valence-electron chi connectivity index (χ2n) is 9.98. The van der Waals surface area contributed by atoms with Crippen LogP contribution in [0.1, 0.15) is 59.6 Å². The zero-order chi connectivity index (χ0) is 24.2. The Morgan fingerprint density at radius 1 is 0.939 bits per heavy atom. The Labute approximate surface area is 202 Å². The van der Waals surface area contributed by atoms with E-state index < -0.39 is 0 Å². The molecule has 0 bridgehead atoms. The van der Waals surface area contributed by atoms with Gasteiger partial charge in [-0.05, 0) is 44.2 Å². The van der Waals surface area contributed by atoms with Crippen molar-refractivity contribution in [3.8, 4) is 11.4 Å². The van der Waals surface area contributed by atoms with Gasteiger partial charge in [0.2, 0.25) is 5.91 Å². The fourth-order valence-electron chi connectivity index (χ4n) is 4.01. The van der Waals surface area contributed by atoms with E-state index in [1.54, 1.807) is 0 Å². The fourth-order valence-corrected chi connectivity index (χ4v) is 4.82. The van der Waals surface area contributed by atoms with Crippen LogP contribution in [0.4, 0.5) is 0 Å². The smallest absolute Gasteiger partial charge is 0.233 e. The minimum absolute atomic E-state index is 0.0936. The highest BCUT2D eigenvalue weighted by Gasteiger charge is 2.22. The molecule has 0 aliphatic rings. The molecule has 0 unspecified atom stereocenters. The number of thioether (sulfide) groups is 1. The molecule has 33 heavy (non-hydrogen) atoms. The van der Waals surface area contributed by atoms with Gasteiger partial charge in [0.15, 0.2) is 11.0 Å². The molecule has 3 rings (SSSR count). The summed E-state index contributed by atoms with van der Waals surface area (Å²) in [5, 5.41) is 9.78. The highest BCUT2D eigenvalue weighted by Crippen LogP contribution is 2.28. The summed E-state index contributed by atoms with van der Waals surface area (Å²) in [4.78, 5) is 14.9. The molecule has 0 saturated heterocycles. The van der Waals surface area contributed by atoms with Crippen LogP contribution in [0.2, 0.25) is 0 Å². The molecule has 1 aromatic heterocycles. The number of rotatable bonds is 8. The van der Waals surface area contributed by atoms with Crippen molar-refractivity contribution < 1.29 is 4.79 Å². The highest BCUT2D eigenvalue weighted by molar-refractivity contribution is 7.99. The number of hydrogen-bond donors (Lipinski definition) is 0. The lowest BCUT2D eigenvalue weighted by atomic mass is 9.87. The van der Waals surface area contributed by atoms with Crippen molar-refractivity contribution in [2.45, 2.75) is 77.7 Å². The Bertz CT molecular complexity index is 1040. The topological polar surface area (TPSA) is 51.0 Å². The number of hydrogen-bond acceptors (Lipinski definition) is 4. The Balaban J connectivity index is 1.91. The minimum atomic E-state index is 0.0936. The first kappa shape index (κ1) is 25.0. The molecule has 0 spiro atoms. The third-order valence-electron chi connectivity index (χ3n) is 5.63. The van der Waals surface area contributed by atoms with E-state index in [0.717, 1.165) is 16.5 Å². The van der Waals surface area contributed by atoms with Crippen LogP contribution in [0, 0.1) is 0 Å². The lowest BCUT2D eigenvalue weighted by molar-refractivity contribution is -0.131. The predicted octanol–water partition coefficient (Wildman–Crippen LogP) is 6.03. The Hall–Kier alpha value is -2.60. The molecule has 0 aliphatic carbocycles. The van der Waals surface area contributed by atoms with Crippen molar-refractivity contribution in [2.75, 3.05) is 5.75 Å². The largest absolute Gasteiger partial charge is 0.337 e. The van der Waals surface area contributed by atoms with Gasteiger partial charge in [0, 0.05) is 17.6 Å². The molecule has 0 N–H and O–H groups in total. The SMILES string of the molecule is CC(C)N(C(=O)CSc1nnc(-c2ccc(C(C)(C)C)cc2)n1Cc1ccccc1)C(C)C. The van der Waals surface area contributed by atoms with Crippen molar-refractivity contribution in [3.05, 3.63) is 65.7 Å². The maximum absolute atomic E-state index is 12.9. The van der Waals surface area contributed by atoms with Gasteiger partial charge in [-0.2, -0.15) is 0 Å². The summed E-state index contributed by atoms with van der Waals surface area (Å²) >= 11 is 1.46. The molecule has 3 aromatic rings. The number of carbonyl (C=O) groups excluding carboxylic acids is 1. The molecule has 5 nitrogen and oxygen atoms in total. The van der Waals surface area contributed by atoms with Crippen molar-refractivity contribution >= 4 is 17.7 Å². The molecule has 0 aliphatic heterocycles. The van der Waals surface area contributed by atoms with Gasteiger partial charge in [0.25, 0.3) is 0 Å². The normalized spacial score (nSPS) is 11.9. The first-order valence-electron chi connectivity index (χ1n) is 11.6. The predicted molar refractivity (Wildman–Crippen MR) is 138 cm³/mol. The van der Waals surface area contributed by atoms with Crippen molar-refractivity contribution in [1.82, 2.24) is 19.7 Å². The molecule has 6 heteroatoms. The van der Waals surface area contributed by atoms with Crippen LogP contribution in [-0.4, -0.2) is 43.4 Å². The molecule has 0 saturated carbocycles. The number of carbonyl (C=O) groups is 1. The van der Waals surface area contributed by atoms with E-state index in [9.17, 15) is 4.79 Å². The summed E-state index contributed by atoms with van der Waals surface area (Å²) < 4.78 is 2.12. The summed E-state index contributed by atoms with van der Waals surface area (Å²) in [7, 11) is 0. The number of amides is 1. The molecule has 176 valence electrons. The summed E-state index contributed by atoms with van der Waals surface area (Å²) in [5.41, 5.74) is 3.57. The second kappa shape index (κ2) is 10.6. The summed E-state index contributed by atoms with van der Waals surface area (Å²) in [6.07, 6.45) is 0. The highest BCUT2D eigenvalue weighted by atomic mass is 32.2. The van der Waals surface area contributed by atoms with E-state index >= 15 is 0 Å². The second-order valence-corrected chi connectivity index (χ2v) is 10.9. The van der Waals surface area contributed by atoms with Crippen LogP contribution >= 0.6 is 11.8 Å². The lowest BCUT2D eigenvalue weighted by Crippen LogP contribution is -2.43.